The second kappa shape index (κ2) is 7.33. The van der Waals surface area contributed by atoms with Crippen LogP contribution in [0.1, 0.15) is 28.3 Å². The summed E-state index contributed by atoms with van der Waals surface area (Å²) in [6.45, 7) is 5.46. The number of rotatable bonds is 5. The van der Waals surface area contributed by atoms with Crippen LogP contribution in [0.25, 0.3) is 11.3 Å². The number of nitrogens with zero attached hydrogens (tertiary/aromatic N) is 2. The summed E-state index contributed by atoms with van der Waals surface area (Å²) >= 11 is 1.29. The Morgan fingerprint density at radius 2 is 2.00 bits per heavy atom. The fourth-order valence-electron chi connectivity index (χ4n) is 2.64. The molecule has 3 aromatic rings. The van der Waals surface area contributed by atoms with Gasteiger partial charge in [0, 0.05) is 22.4 Å². The van der Waals surface area contributed by atoms with Gasteiger partial charge in [-0.05, 0) is 45.4 Å². The standard InChI is InChI=1S/C18H17F2N3O2S/c1-9-13(10(2)25-23-9)5-7-16(24)21-18-22-17(11(3)26-18)12-4-6-14(19)15(20)8-12/h4,6,8H,5,7H2,1-3H3,(H,21,22,24). The van der Waals surface area contributed by atoms with Crippen molar-refractivity contribution in [2.45, 2.75) is 33.6 Å². The number of halogens is 2. The molecule has 0 aliphatic carbocycles. The number of nitrogens with one attached hydrogen (secondary N) is 1. The van der Waals surface area contributed by atoms with Gasteiger partial charge in [0.1, 0.15) is 5.76 Å². The summed E-state index contributed by atoms with van der Waals surface area (Å²) in [5, 5.41) is 7.04. The topological polar surface area (TPSA) is 68.0 Å². The maximum Gasteiger partial charge on any atom is 0.226 e. The molecule has 0 bridgehead atoms. The van der Waals surface area contributed by atoms with Gasteiger partial charge in [-0.2, -0.15) is 0 Å². The lowest BCUT2D eigenvalue weighted by atomic mass is 10.1. The lowest BCUT2D eigenvalue weighted by Crippen LogP contribution is -2.12. The summed E-state index contributed by atoms with van der Waals surface area (Å²) in [5.74, 6) is -1.31. The molecule has 3 rings (SSSR count). The molecule has 26 heavy (non-hydrogen) atoms. The predicted molar refractivity (Wildman–Crippen MR) is 95.1 cm³/mol. The highest BCUT2D eigenvalue weighted by Gasteiger charge is 2.15. The molecule has 0 saturated heterocycles. The van der Waals surface area contributed by atoms with Gasteiger partial charge in [0.05, 0.1) is 11.4 Å². The number of aryl methyl sites for hydroxylation is 3. The molecule has 0 unspecified atom stereocenters. The number of thiazole rings is 1. The van der Waals surface area contributed by atoms with Gasteiger partial charge in [0.25, 0.3) is 0 Å². The Morgan fingerprint density at radius 3 is 2.65 bits per heavy atom. The SMILES string of the molecule is Cc1noc(C)c1CCC(=O)Nc1nc(-c2ccc(F)c(F)c2)c(C)s1. The summed E-state index contributed by atoms with van der Waals surface area (Å²) < 4.78 is 31.6. The van der Waals surface area contributed by atoms with Gasteiger partial charge in [-0.25, -0.2) is 13.8 Å². The van der Waals surface area contributed by atoms with E-state index >= 15 is 0 Å². The smallest absolute Gasteiger partial charge is 0.226 e. The molecule has 2 heterocycles. The van der Waals surface area contributed by atoms with Gasteiger partial charge in [-0.1, -0.05) is 5.16 Å². The molecule has 5 nitrogen and oxygen atoms in total. The quantitative estimate of drug-likeness (QED) is 0.707. The van der Waals surface area contributed by atoms with E-state index in [1.54, 1.807) is 0 Å². The van der Waals surface area contributed by atoms with E-state index in [1.165, 1.54) is 17.4 Å². The van der Waals surface area contributed by atoms with Crippen LogP contribution in [0, 0.1) is 32.4 Å². The molecule has 0 aliphatic heterocycles. The zero-order chi connectivity index (χ0) is 18.8. The summed E-state index contributed by atoms with van der Waals surface area (Å²) in [6, 6.07) is 3.62. The van der Waals surface area contributed by atoms with E-state index in [4.69, 9.17) is 4.52 Å². The molecule has 8 heteroatoms. The van der Waals surface area contributed by atoms with Crippen LogP contribution < -0.4 is 5.32 Å². The van der Waals surface area contributed by atoms with Crippen LogP contribution in [0.2, 0.25) is 0 Å². The fourth-order valence-corrected chi connectivity index (χ4v) is 3.49. The highest BCUT2D eigenvalue weighted by atomic mass is 32.1. The first-order chi connectivity index (χ1) is 12.3. The van der Waals surface area contributed by atoms with Crippen LogP contribution in [0.3, 0.4) is 0 Å². The number of hydrogen-bond acceptors (Lipinski definition) is 5. The molecule has 0 fully saturated rings. The Morgan fingerprint density at radius 1 is 1.23 bits per heavy atom. The molecule has 2 aromatic heterocycles. The number of amides is 1. The zero-order valence-corrected chi connectivity index (χ0v) is 15.3. The molecule has 136 valence electrons. The molecule has 0 spiro atoms. The van der Waals surface area contributed by atoms with Crippen LogP contribution in [-0.2, 0) is 11.2 Å². The maximum atomic E-state index is 13.4. The predicted octanol–water partition coefficient (Wildman–Crippen LogP) is 4.57. The zero-order valence-electron chi connectivity index (χ0n) is 14.5. The summed E-state index contributed by atoms with van der Waals surface area (Å²) in [5.41, 5.74) is 2.70. The number of benzene rings is 1. The highest BCUT2D eigenvalue weighted by molar-refractivity contribution is 7.16. The Bertz CT molecular complexity index is 946. The summed E-state index contributed by atoms with van der Waals surface area (Å²) in [7, 11) is 0. The van der Waals surface area contributed by atoms with Crippen molar-refractivity contribution in [3.63, 3.8) is 0 Å². The first kappa shape index (κ1) is 18.2. The lowest BCUT2D eigenvalue weighted by Gasteiger charge is -2.02. The van der Waals surface area contributed by atoms with E-state index in [0.717, 1.165) is 28.3 Å². The van der Waals surface area contributed by atoms with E-state index in [-0.39, 0.29) is 12.3 Å². The Hall–Kier alpha value is -2.61. The largest absolute Gasteiger partial charge is 0.361 e. The Kier molecular flexibility index (Phi) is 5.13. The van der Waals surface area contributed by atoms with E-state index in [0.29, 0.717) is 28.6 Å². The van der Waals surface area contributed by atoms with Crippen molar-refractivity contribution in [3.05, 3.63) is 51.7 Å². The second-order valence-electron chi connectivity index (χ2n) is 5.90. The Balaban J connectivity index is 1.69. The third kappa shape index (κ3) is 3.80. The summed E-state index contributed by atoms with van der Waals surface area (Å²) in [6.07, 6.45) is 0.787. The van der Waals surface area contributed by atoms with Gasteiger partial charge in [-0.3, -0.25) is 4.79 Å². The van der Waals surface area contributed by atoms with Gasteiger partial charge < -0.3 is 9.84 Å². The molecular weight excluding hydrogens is 360 g/mol. The van der Waals surface area contributed by atoms with Gasteiger partial charge in [0.15, 0.2) is 16.8 Å². The van der Waals surface area contributed by atoms with Crippen LogP contribution in [0.15, 0.2) is 22.7 Å². The molecule has 1 amide bonds. The van der Waals surface area contributed by atoms with Gasteiger partial charge in [0.2, 0.25) is 5.91 Å². The third-order valence-electron chi connectivity index (χ3n) is 4.02. The van der Waals surface area contributed by atoms with Crippen molar-refractivity contribution < 1.29 is 18.1 Å². The van der Waals surface area contributed by atoms with Gasteiger partial charge >= 0.3 is 0 Å². The number of carbonyl (C=O) groups excluding carboxylic acids is 1. The van der Waals surface area contributed by atoms with E-state index in [2.05, 4.69) is 15.5 Å². The minimum atomic E-state index is -0.931. The number of anilines is 1. The second-order valence-corrected chi connectivity index (χ2v) is 7.11. The van der Waals surface area contributed by atoms with Crippen molar-refractivity contribution in [2.75, 3.05) is 5.32 Å². The van der Waals surface area contributed by atoms with Crippen molar-refractivity contribution in [3.8, 4) is 11.3 Å². The van der Waals surface area contributed by atoms with Crippen molar-refractivity contribution in [1.29, 1.82) is 0 Å². The number of hydrogen-bond donors (Lipinski definition) is 1. The van der Waals surface area contributed by atoms with Crippen molar-refractivity contribution >= 4 is 22.4 Å². The maximum absolute atomic E-state index is 13.4. The molecule has 0 atom stereocenters. The lowest BCUT2D eigenvalue weighted by molar-refractivity contribution is -0.116. The molecule has 0 saturated carbocycles. The van der Waals surface area contributed by atoms with Gasteiger partial charge in [-0.15, -0.1) is 11.3 Å². The Labute approximate surface area is 153 Å². The minimum absolute atomic E-state index is 0.185. The first-order valence-electron chi connectivity index (χ1n) is 7.99. The van der Waals surface area contributed by atoms with Crippen LogP contribution in [0.5, 0.6) is 0 Å². The van der Waals surface area contributed by atoms with Crippen LogP contribution >= 0.6 is 11.3 Å². The number of carbonyl (C=O) groups is 1. The average Bonchev–Trinajstić information content (AvgIpc) is 3.10. The molecular formula is C18H17F2N3O2S. The van der Waals surface area contributed by atoms with Crippen molar-refractivity contribution in [1.82, 2.24) is 10.1 Å². The monoisotopic (exact) mass is 377 g/mol. The normalized spacial score (nSPS) is 11.0. The average molecular weight is 377 g/mol. The summed E-state index contributed by atoms with van der Waals surface area (Å²) in [4.78, 5) is 17.3. The van der Waals surface area contributed by atoms with E-state index < -0.39 is 11.6 Å². The van der Waals surface area contributed by atoms with Crippen LogP contribution in [-0.4, -0.2) is 16.0 Å². The fraction of sp³-hybridized carbons (Fsp3) is 0.278. The molecule has 1 N–H and O–H groups in total. The number of aromatic nitrogens is 2. The minimum Gasteiger partial charge on any atom is -0.361 e. The molecule has 0 radical (unpaired) electrons. The third-order valence-corrected chi connectivity index (χ3v) is 4.91. The van der Waals surface area contributed by atoms with Crippen LogP contribution in [0.4, 0.5) is 13.9 Å². The molecule has 1 aromatic carbocycles. The van der Waals surface area contributed by atoms with E-state index in [1.807, 2.05) is 20.8 Å². The highest BCUT2D eigenvalue weighted by Crippen LogP contribution is 2.31. The molecule has 0 aliphatic rings. The van der Waals surface area contributed by atoms with E-state index in [9.17, 15) is 13.6 Å². The first-order valence-corrected chi connectivity index (χ1v) is 8.81. The van der Waals surface area contributed by atoms with Crippen molar-refractivity contribution in [2.24, 2.45) is 0 Å².